The third-order valence-corrected chi connectivity index (χ3v) is 5.22. The summed E-state index contributed by atoms with van der Waals surface area (Å²) in [6.45, 7) is -0.0600. The van der Waals surface area contributed by atoms with Gasteiger partial charge in [0, 0.05) is 18.2 Å². The molecule has 0 N–H and O–H groups in total. The molecule has 0 aromatic heterocycles. The number of carbonyl (C=O) groups is 1. The summed E-state index contributed by atoms with van der Waals surface area (Å²) in [5.41, 5.74) is -0.330. The molecule has 0 unspecified atom stereocenters. The SMILES string of the molecule is O=C(OCc1ccc(Oc2ccc([N+](=O)[O-])cc2)cc1)c1cccc(Oc2ccc([N+](=O)[O-])cc2[N+](=O)[O-])c1. The normalized spacial score (nSPS) is 10.4. The minimum absolute atomic E-state index is 0.0516. The Bertz CT molecular complexity index is 1550. The first-order valence-corrected chi connectivity index (χ1v) is 11.1. The van der Waals surface area contributed by atoms with Gasteiger partial charge in [-0.15, -0.1) is 0 Å². The van der Waals surface area contributed by atoms with Gasteiger partial charge in [-0.2, -0.15) is 0 Å². The van der Waals surface area contributed by atoms with E-state index < -0.39 is 32.1 Å². The lowest BCUT2D eigenvalue weighted by molar-refractivity contribution is -0.394. The Labute approximate surface area is 219 Å². The molecule has 0 aliphatic heterocycles. The molecule has 0 aliphatic rings. The van der Waals surface area contributed by atoms with Gasteiger partial charge in [-0.1, -0.05) is 18.2 Å². The number of non-ortho nitro benzene ring substituents is 2. The topological polar surface area (TPSA) is 174 Å². The maximum Gasteiger partial charge on any atom is 0.338 e. The maximum absolute atomic E-state index is 12.6. The van der Waals surface area contributed by atoms with E-state index in [1.54, 1.807) is 24.3 Å². The average Bonchev–Trinajstić information content (AvgIpc) is 2.93. The number of carbonyl (C=O) groups excluding carboxylic acids is 1. The van der Waals surface area contributed by atoms with Crippen LogP contribution in [0.1, 0.15) is 15.9 Å². The van der Waals surface area contributed by atoms with E-state index >= 15 is 0 Å². The molecule has 0 atom stereocenters. The van der Waals surface area contributed by atoms with E-state index in [4.69, 9.17) is 14.2 Å². The van der Waals surface area contributed by atoms with Crippen LogP contribution < -0.4 is 9.47 Å². The molecule has 0 aliphatic carbocycles. The Morgan fingerprint density at radius 3 is 1.87 bits per heavy atom. The number of hydrogen-bond donors (Lipinski definition) is 0. The van der Waals surface area contributed by atoms with E-state index in [0.29, 0.717) is 17.1 Å². The second-order valence-electron chi connectivity index (χ2n) is 7.87. The smallest absolute Gasteiger partial charge is 0.338 e. The molecule has 39 heavy (non-hydrogen) atoms. The van der Waals surface area contributed by atoms with Crippen molar-refractivity contribution in [2.24, 2.45) is 0 Å². The zero-order valence-electron chi connectivity index (χ0n) is 19.8. The highest BCUT2D eigenvalue weighted by Crippen LogP contribution is 2.34. The quantitative estimate of drug-likeness (QED) is 0.127. The lowest BCUT2D eigenvalue weighted by Gasteiger charge is -2.09. The second-order valence-corrected chi connectivity index (χ2v) is 7.87. The lowest BCUT2D eigenvalue weighted by Crippen LogP contribution is -2.05. The highest BCUT2D eigenvalue weighted by Gasteiger charge is 2.21. The summed E-state index contributed by atoms with van der Waals surface area (Å²) in [5.74, 6) is 0.0798. The summed E-state index contributed by atoms with van der Waals surface area (Å²) in [5, 5.41) is 33.0. The standard InChI is InChI=1S/C26H17N3O10/c30-26(37-16-17-4-9-21(10-5-17)38-22-11-6-19(7-12-22)27(31)32)18-2-1-3-23(14-18)39-25-13-8-20(28(33)34)15-24(25)29(35)36/h1-15H,16H2. The molecule has 0 radical (unpaired) electrons. The van der Waals surface area contributed by atoms with Crippen LogP contribution in [0, 0.1) is 30.3 Å². The first-order valence-electron chi connectivity index (χ1n) is 11.1. The molecule has 0 fully saturated rings. The van der Waals surface area contributed by atoms with Gasteiger partial charge < -0.3 is 14.2 Å². The molecule has 0 heterocycles. The number of esters is 1. The van der Waals surface area contributed by atoms with Gasteiger partial charge in [0.1, 0.15) is 23.9 Å². The Hall–Kier alpha value is -5.85. The fraction of sp³-hybridized carbons (Fsp3) is 0.0385. The van der Waals surface area contributed by atoms with Crippen LogP contribution in [0.4, 0.5) is 17.1 Å². The lowest BCUT2D eigenvalue weighted by atomic mass is 10.2. The van der Waals surface area contributed by atoms with Gasteiger partial charge in [0.05, 0.1) is 26.4 Å². The third-order valence-electron chi connectivity index (χ3n) is 5.22. The van der Waals surface area contributed by atoms with Crippen LogP contribution in [0.3, 0.4) is 0 Å². The minimum atomic E-state index is -0.803. The average molecular weight is 531 g/mol. The highest BCUT2D eigenvalue weighted by molar-refractivity contribution is 5.89. The first kappa shape index (κ1) is 26.2. The predicted molar refractivity (Wildman–Crippen MR) is 135 cm³/mol. The summed E-state index contributed by atoms with van der Waals surface area (Å²) < 4.78 is 16.5. The van der Waals surface area contributed by atoms with Gasteiger partial charge in [-0.05, 0) is 54.1 Å². The number of nitro groups is 3. The maximum atomic E-state index is 12.6. The van der Waals surface area contributed by atoms with Gasteiger partial charge >= 0.3 is 11.7 Å². The molecular formula is C26H17N3O10. The van der Waals surface area contributed by atoms with E-state index in [2.05, 4.69) is 0 Å². The van der Waals surface area contributed by atoms with E-state index in [0.717, 1.165) is 18.2 Å². The van der Waals surface area contributed by atoms with Gasteiger partial charge in [0.2, 0.25) is 5.75 Å². The van der Waals surface area contributed by atoms with Crippen LogP contribution in [0.15, 0.2) is 91.0 Å². The molecule has 4 aromatic rings. The number of ether oxygens (including phenoxy) is 3. The fourth-order valence-electron chi connectivity index (χ4n) is 3.32. The number of rotatable bonds is 10. The third kappa shape index (κ3) is 6.68. The fourth-order valence-corrected chi connectivity index (χ4v) is 3.32. The van der Waals surface area contributed by atoms with E-state index in [1.807, 2.05) is 0 Å². The molecule has 13 nitrogen and oxygen atoms in total. The second kappa shape index (κ2) is 11.5. The predicted octanol–water partition coefficient (Wildman–Crippen LogP) is 6.35. The van der Waals surface area contributed by atoms with E-state index in [-0.39, 0.29) is 29.4 Å². The van der Waals surface area contributed by atoms with Crippen molar-refractivity contribution in [3.8, 4) is 23.0 Å². The highest BCUT2D eigenvalue weighted by atomic mass is 16.6. The molecule has 4 rings (SSSR count). The largest absolute Gasteiger partial charge is 0.457 e. The first-order chi connectivity index (χ1) is 18.7. The van der Waals surface area contributed by atoms with Crippen molar-refractivity contribution < 1.29 is 33.8 Å². The molecule has 0 bridgehead atoms. The molecule has 0 saturated carbocycles. The minimum Gasteiger partial charge on any atom is -0.457 e. The molecule has 4 aromatic carbocycles. The van der Waals surface area contributed by atoms with Crippen LogP contribution in [-0.4, -0.2) is 20.7 Å². The summed E-state index contributed by atoms with van der Waals surface area (Å²) in [7, 11) is 0. The van der Waals surface area contributed by atoms with Crippen molar-refractivity contribution in [2.45, 2.75) is 6.61 Å². The van der Waals surface area contributed by atoms with Crippen LogP contribution in [-0.2, 0) is 11.3 Å². The Kier molecular flexibility index (Phi) is 7.71. The molecule has 13 heteroatoms. The van der Waals surface area contributed by atoms with Crippen LogP contribution >= 0.6 is 0 Å². The Balaban J connectivity index is 1.37. The van der Waals surface area contributed by atoms with Gasteiger partial charge in [0.25, 0.3) is 11.4 Å². The Morgan fingerprint density at radius 2 is 1.26 bits per heavy atom. The Morgan fingerprint density at radius 1 is 0.641 bits per heavy atom. The van der Waals surface area contributed by atoms with Crippen molar-refractivity contribution in [1.82, 2.24) is 0 Å². The van der Waals surface area contributed by atoms with E-state index in [9.17, 15) is 35.1 Å². The van der Waals surface area contributed by atoms with Gasteiger partial charge in [0.15, 0.2) is 0 Å². The molecule has 0 amide bonds. The van der Waals surface area contributed by atoms with Crippen molar-refractivity contribution >= 4 is 23.0 Å². The monoisotopic (exact) mass is 531 g/mol. The summed E-state index contributed by atoms with van der Waals surface area (Å²) in [4.78, 5) is 43.5. The van der Waals surface area contributed by atoms with Crippen LogP contribution in [0.5, 0.6) is 23.0 Å². The molecule has 0 spiro atoms. The van der Waals surface area contributed by atoms with Crippen molar-refractivity contribution in [2.75, 3.05) is 0 Å². The summed E-state index contributed by atoms with van der Waals surface area (Å²) >= 11 is 0. The molecule has 196 valence electrons. The van der Waals surface area contributed by atoms with Crippen molar-refractivity contribution in [1.29, 1.82) is 0 Å². The number of hydrogen-bond acceptors (Lipinski definition) is 10. The van der Waals surface area contributed by atoms with E-state index in [1.165, 1.54) is 48.5 Å². The van der Waals surface area contributed by atoms with Gasteiger partial charge in [-0.25, -0.2) is 4.79 Å². The summed E-state index contributed by atoms with van der Waals surface area (Å²) in [6.07, 6.45) is 0. The zero-order chi connectivity index (χ0) is 27.9. The number of nitrogens with zero attached hydrogens (tertiary/aromatic N) is 3. The zero-order valence-corrected chi connectivity index (χ0v) is 19.8. The van der Waals surface area contributed by atoms with Crippen LogP contribution in [0.25, 0.3) is 0 Å². The number of nitro benzene ring substituents is 3. The van der Waals surface area contributed by atoms with Crippen molar-refractivity contribution in [3.05, 3.63) is 132 Å². The molecule has 0 saturated heterocycles. The molecular weight excluding hydrogens is 514 g/mol. The van der Waals surface area contributed by atoms with Crippen LogP contribution in [0.2, 0.25) is 0 Å². The number of benzene rings is 4. The summed E-state index contributed by atoms with van der Waals surface area (Å²) in [6, 6.07) is 21.0. The van der Waals surface area contributed by atoms with Crippen molar-refractivity contribution in [3.63, 3.8) is 0 Å². The van der Waals surface area contributed by atoms with Gasteiger partial charge in [-0.3, -0.25) is 30.3 Å².